The minimum atomic E-state index is -1.51. The smallest absolute Gasteiger partial charge is 0.410 e. The Morgan fingerprint density at radius 3 is 1.47 bits per heavy atom. The van der Waals surface area contributed by atoms with Crippen molar-refractivity contribution in [1.82, 2.24) is 24.5 Å². The molecule has 1 aliphatic carbocycles. The van der Waals surface area contributed by atoms with Gasteiger partial charge in [0.25, 0.3) is 0 Å². The van der Waals surface area contributed by atoms with Crippen molar-refractivity contribution >= 4 is 30.0 Å². The van der Waals surface area contributed by atoms with E-state index in [-0.39, 0.29) is 131 Å². The number of carboxylic acid groups (broad SMARTS) is 4. The zero-order valence-electron chi connectivity index (χ0n) is 27.9. The standard InChI is InChI=1S/C34H43N5O11.Gd/c40-27-17-39(34(49)50-21-26-24-7-3-1-5-22(24)23-6-2-4-8-25(23)26)32(33(47)48)31(27)38-15-13-36(19-29(43)44)11-9-35(18-28(41)42)10-12-37(14-16-38)20-30(45)46;/h1-8,26-27,31-32,40H,9-21H2,(H,41,42)(H,43,44)(H,45,46)(H,47,48);/t27-,31?,32-;/m0./s1. The van der Waals surface area contributed by atoms with Crippen LogP contribution < -0.4 is 0 Å². The van der Waals surface area contributed by atoms with E-state index in [1.165, 1.54) is 0 Å². The molecule has 2 saturated heterocycles. The van der Waals surface area contributed by atoms with E-state index in [4.69, 9.17) is 4.74 Å². The molecule has 17 heteroatoms. The van der Waals surface area contributed by atoms with Crippen LogP contribution in [0.15, 0.2) is 48.5 Å². The van der Waals surface area contributed by atoms with Gasteiger partial charge in [-0.1, -0.05) is 48.5 Å². The van der Waals surface area contributed by atoms with E-state index in [1.54, 1.807) is 19.6 Å². The van der Waals surface area contributed by atoms with Crippen LogP contribution in [0, 0.1) is 39.9 Å². The summed E-state index contributed by atoms with van der Waals surface area (Å²) in [5.41, 5.74) is 4.03. The van der Waals surface area contributed by atoms with Gasteiger partial charge < -0.3 is 30.3 Å². The number of aliphatic carboxylic acids is 4. The summed E-state index contributed by atoms with van der Waals surface area (Å²) in [6.45, 7) is -0.268. The minimum absolute atomic E-state index is 0. The number of fused-ring (bicyclic) bond motifs is 3. The van der Waals surface area contributed by atoms with Gasteiger partial charge in [-0.05, 0) is 22.3 Å². The first-order valence-electron chi connectivity index (χ1n) is 16.5. The predicted molar refractivity (Wildman–Crippen MR) is 177 cm³/mol. The Hall–Kier alpha value is -3.29. The molecule has 16 nitrogen and oxygen atoms in total. The molecule has 5 N–H and O–H groups in total. The number of likely N-dealkylation sites (tertiary alicyclic amines) is 1. The summed E-state index contributed by atoms with van der Waals surface area (Å²) in [6.07, 6.45) is -2.20. The summed E-state index contributed by atoms with van der Waals surface area (Å²) in [6, 6.07) is 13.0. The molecule has 0 bridgehead atoms. The van der Waals surface area contributed by atoms with E-state index in [1.807, 2.05) is 48.5 Å². The van der Waals surface area contributed by atoms with Gasteiger partial charge in [-0.3, -0.25) is 38.9 Å². The molecule has 0 saturated carbocycles. The Morgan fingerprint density at radius 1 is 0.647 bits per heavy atom. The van der Waals surface area contributed by atoms with E-state index in [0.29, 0.717) is 0 Å². The number of carbonyl (C=O) groups is 5. The maximum atomic E-state index is 13.6. The average molecular weight is 855 g/mol. The molecule has 2 heterocycles. The van der Waals surface area contributed by atoms with Crippen LogP contribution in [-0.4, -0.2) is 183 Å². The van der Waals surface area contributed by atoms with Gasteiger partial charge in [0.05, 0.1) is 38.3 Å². The summed E-state index contributed by atoms with van der Waals surface area (Å²) in [5, 5.41) is 50.2. The van der Waals surface area contributed by atoms with Gasteiger partial charge in [0.2, 0.25) is 0 Å². The number of rotatable bonds is 10. The van der Waals surface area contributed by atoms with Crippen molar-refractivity contribution in [2.24, 2.45) is 0 Å². The van der Waals surface area contributed by atoms with Gasteiger partial charge in [-0.15, -0.1) is 0 Å². The second kappa shape index (κ2) is 18.5. The second-order valence-electron chi connectivity index (χ2n) is 12.8. The summed E-state index contributed by atoms with van der Waals surface area (Å²) in [7, 11) is 0. The zero-order chi connectivity index (χ0) is 35.9. The molecular formula is C34H43GdN5O11. The number of carboxylic acids is 4. The molecule has 51 heavy (non-hydrogen) atoms. The molecule has 2 fully saturated rings. The Morgan fingerprint density at radius 2 is 1.06 bits per heavy atom. The number of hydrogen-bond acceptors (Lipinski definition) is 11. The molecule has 0 radical (unpaired) electrons. The van der Waals surface area contributed by atoms with Crippen molar-refractivity contribution < 1.29 is 94.2 Å². The minimum Gasteiger partial charge on any atom is -0.480 e. The molecule has 278 valence electrons. The van der Waals surface area contributed by atoms with Crippen molar-refractivity contribution in [1.29, 1.82) is 0 Å². The van der Waals surface area contributed by atoms with Gasteiger partial charge >= 0.3 is 30.0 Å². The Labute approximate surface area is 326 Å². The fourth-order valence-corrected chi connectivity index (χ4v) is 7.30. The van der Waals surface area contributed by atoms with Crippen LogP contribution in [0.2, 0.25) is 0 Å². The summed E-state index contributed by atoms with van der Waals surface area (Å²) < 4.78 is 5.76. The van der Waals surface area contributed by atoms with Crippen molar-refractivity contribution in [2.45, 2.75) is 24.1 Å². The van der Waals surface area contributed by atoms with Gasteiger partial charge in [-0.25, -0.2) is 9.59 Å². The number of β-amino-alcohol motifs (C(OH)–C–C–N with tert-alkyl or cyclic N) is 1. The summed E-state index contributed by atoms with van der Waals surface area (Å²) in [4.78, 5) is 68.7. The number of ether oxygens (including phenoxy) is 1. The Balaban J connectivity index is 0.00000583. The molecule has 2 aliphatic heterocycles. The largest absolute Gasteiger partial charge is 0.480 e. The third kappa shape index (κ3) is 10.2. The van der Waals surface area contributed by atoms with Crippen molar-refractivity contribution in [2.75, 3.05) is 85.1 Å². The maximum Gasteiger partial charge on any atom is 0.410 e. The molecular weight excluding hydrogens is 812 g/mol. The van der Waals surface area contributed by atoms with E-state index in [9.17, 15) is 49.5 Å². The number of carbonyl (C=O) groups excluding carboxylic acids is 1. The fraction of sp³-hybridized carbons (Fsp3) is 0.500. The monoisotopic (exact) mass is 855 g/mol. The van der Waals surface area contributed by atoms with Crippen LogP contribution >= 0.6 is 0 Å². The zero-order valence-corrected chi connectivity index (χ0v) is 30.2. The number of benzene rings is 2. The maximum absolute atomic E-state index is 13.6. The first-order chi connectivity index (χ1) is 23.9. The van der Waals surface area contributed by atoms with Crippen LogP contribution in [0.1, 0.15) is 17.0 Å². The number of aliphatic hydroxyl groups excluding tert-OH is 1. The first kappa shape index (κ1) is 40.5. The van der Waals surface area contributed by atoms with Crippen molar-refractivity contribution in [3.05, 3.63) is 59.7 Å². The molecule has 5 rings (SSSR count). The summed E-state index contributed by atoms with van der Waals surface area (Å²) in [5.74, 6) is -4.91. The Kier molecular flexibility index (Phi) is 14.7. The third-order valence-electron chi connectivity index (χ3n) is 9.63. The number of nitrogens with zero attached hydrogens (tertiary/aromatic N) is 5. The van der Waals surface area contributed by atoms with Gasteiger partial charge in [0, 0.05) is 98.2 Å². The van der Waals surface area contributed by atoms with Crippen molar-refractivity contribution in [3.63, 3.8) is 0 Å². The first-order valence-corrected chi connectivity index (χ1v) is 16.5. The molecule has 3 aliphatic rings. The van der Waals surface area contributed by atoms with Crippen LogP contribution in [0.5, 0.6) is 0 Å². The van der Waals surface area contributed by atoms with E-state index in [2.05, 4.69) is 0 Å². The van der Waals surface area contributed by atoms with E-state index < -0.39 is 48.2 Å². The van der Waals surface area contributed by atoms with Gasteiger partial charge in [0.15, 0.2) is 6.04 Å². The number of hydrogen-bond donors (Lipinski definition) is 5. The molecule has 2 aromatic carbocycles. The number of aliphatic hydroxyl groups is 1. The van der Waals surface area contributed by atoms with Gasteiger partial charge in [0.1, 0.15) is 6.61 Å². The normalized spacial score (nSPS) is 22.5. The quantitative estimate of drug-likeness (QED) is 0.212. The van der Waals surface area contributed by atoms with Crippen LogP contribution in [0.4, 0.5) is 4.79 Å². The third-order valence-corrected chi connectivity index (χ3v) is 9.63. The van der Waals surface area contributed by atoms with Crippen LogP contribution in [0.25, 0.3) is 11.1 Å². The SMILES string of the molecule is O=C(O)CN1CCN(CC(=O)O)CCN(C2[C@@H](C(=O)O)N(C(=O)OCC3c4ccccc4-c4ccccc43)C[C@@H]2O)CCN(CC(=O)O)CC1.[Gd]. The molecule has 2 aromatic rings. The summed E-state index contributed by atoms with van der Waals surface area (Å²) >= 11 is 0. The average Bonchev–Trinajstić information content (AvgIpc) is 3.58. The molecule has 1 amide bonds. The molecule has 0 spiro atoms. The predicted octanol–water partition coefficient (Wildman–Crippen LogP) is -0.0908. The molecule has 0 aromatic heterocycles. The fourth-order valence-electron chi connectivity index (χ4n) is 7.30. The topological polar surface area (TPSA) is 212 Å². The Bertz CT molecular complexity index is 1500. The van der Waals surface area contributed by atoms with E-state index >= 15 is 0 Å². The second-order valence-corrected chi connectivity index (χ2v) is 12.8. The van der Waals surface area contributed by atoms with Crippen LogP contribution in [0.3, 0.4) is 0 Å². The van der Waals surface area contributed by atoms with Gasteiger partial charge in [-0.2, -0.15) is 0 Å². The number of amides is 1. The van der Waals surface area contributed by atoms with E-state index in [0.717, 1.165) is 27.2 Å². The van der Waals surface area contributed by atoms with Crippen LogP contribution in [-0.2, 0) is 23.9 Å². The molecule has 3 atom stereocenters. The van der Waals surface area contributed by atoms with Crippen molar-refractivity contribution in [3.8, 4) is 11.1 Å². The molecule has 1 unspecified atom stereocenters.